The molecular weight excluding hydrogens is 307 g/mol. The second-order valence-electron chi connectivity index (χ2n) is 3.21. The Morgan fingerprint density at radius 2 is 2.00 bits per heavy atom. The van der Waals surface area contributed by atoms with Crippen LogP contribution >= 0.6 is 27.5 Å². The first-order valence-corrected chi connectivity index (χ1v) is 5.77. The highest BCUT2D eigenvalue weighted by molar-refractivity contribution is 9.10. The first kappa shape index (κ1) is 12.0. The van der Waals surface area contributed by atoms with Gasteiger partial charge in [-0.25, -0.2) is 4.79 Å². The Labute approximate surface area is 110 Å². The molecule has 0 saturated carbocycles. The fraction of sp³-hybridized carbons (Fsp3) is 0. The number of carboxylic acid groups (broad SMARTS) is 1. The number of benzene rings is 1. The summed E-state index contributed by atoms with van der Waals surface area (Å²) >= 11 is 9.11. The van der Waals surface area contributed by atoms with Crippen molar-refractivity contribution in [1.29, 1.82) is 0 Å². The zero-order valence-electron chi connectivity index (χ0n) is 8.39. The molecule has 0 radical (unpaired) electrons. The molecule has 0 amide bonds. The van der Waals surface area contributed by atoms with Crippen LogP contribution in [0.5, 0.6) is 0 Å². The Hall–Kier alpha value is -1.46. The summed E-state index contributed by atoms with van der Waals surface area (Å²) in [5.74, 6) is -1.13. The standard InChI is InChI=1S/C11H6BrClN2O2/c12-8-4-2-1-3-6(8)7-5-14-15-10(13)9(7)11(16)17/h1-5H,(H,16,17). The van der Waals surface area contributed by atoms with E-state index in [1.54, 1.807) is 12.1 Å². The van der Waals surface area contributed by atoms with E-state index in [4.69, 9.17) is 16.7 Å². The molecule has 0 unspecified atom stereocenters. The Morgan fingerprint density at radius 3 is 2.65 bits per heavy atom. The molecule has 1 N–H and O–H groups in total. The summed E-state index contributed by atoms with van der Waals surface area (Å²) in [7, 11) is 0. The van der Waals surface area contributed by atoms with Crippen LogP contribution in [0.3, 0.4) is 0 Å². The van der Waals surface area contributed by atoms with E-state index in [9.17, 15) is 4.79 Å². The average molecular weight is 314 g/mol. The van der Waals surface area contributed by atoms with Crippen LogP contribution < -0.4 is 0 Å². The maximum absolute atomic E-state index is 11.2. The number of hydrogen-bond acceptors (Lipinski definition) is 3. The van der Waals surface area contributed by atoms with E-state index >= 15 is 0 Å². The third-order valence-corrected chi connectivity index (χ3v) is 3.14. The van der Waals surface area contributed by atoms with Crippen LogP contribution in [0.2, 0.25) is 5.15 Å². The molecule has 6 heteroatoms. The quantitative estimate of drug-likeness (QED) is 0.924. The van der Waals surface area contributed by atoms with Gasteiger partial charge in [-0.2, -0.15) is 5.10 Å². The first-order valence-electron chi connectivity index (χ1n) is 4.60. The van der Waals surface area contributed by atoms with Gasteiger partial charge in [-0.1, -0.05) is 45.7 Å². The number of carboxylic acids is 1. The van der Waals surface area contributed by atoms with Crippen molar-refractivity contribution in [3.8, 4) is 11.1 Å². The van der Waals surface area contributed by atoms with Crippen LogP contribution in [0.25, 0.3) is 11.1 Å². The van der Waals surface area contributed by atoms with Crippen LogP contribution in [-0.2, 0) is 0 Å². The minimum atomic E-state index is -1.13. The number of aromatic nitrogens is 2. The van der Waals surface area contributed by atoms with Gasteiger partial charge in [0.15, 0.2) is 5.15 Å². The summed E-state index contributed by atoms with van der Waals surface area (Å²) in [6.45, 7) is 0. The zero-order valence-corrected chi connectivity index (χ0v) is 10.7. The lowest BCUT2D eigenvalue weighted by Gasteiger charge is -2.07. The van der Waals surface area contributed by atoms with Crippen molar-refractivity contribution in [2.24, 2.45) is 0 Å². The molecule has 1 aromatic heterocycles. The maximum Gasteiger partial charge on any atom is 0.339 e. The van der Waals surface area contributed by atoms with Gasteiger partial charge in [0.1, 0.15) is 5.56 Å². The van der Waals surface area contributed by atoms with Crippen molar-refractivity contribution in [1.82, 2.24) is 10.2 Å². The van der Waals surface area contributed by atoms with Gasteiger partial charge >= 0.3 is 5.97 Å². The molecule has 0 aliphatic heterocycles. The number of rotatable bonds is 2. The van der Waals surface area contributed by atoms with Gasteiger partial charge in [0.05, 0.1) is 6.20 Å². The molecule has 0 saturated heterocycles. The molecule has 1 heterocycles. The summed E-state index contributed by atoms with van der Waals surface area (Å²) in [5, 5.41) is 16.2. The second-order valence-corrected chi connectivity index (χ2v) is 4.42. The third kappa shape index (κ3) is 2.30. The topological polar surface area (TPSA) is 63.1 Å². The van der Waals surface area contributed by atoms with Crippen molar-refractivity contribution in [3.63, 3.8) is 0 Å². The minimum Gasteiger partial charge on any atom is -0.478 e. The zero-order chi connectivity index (χ0) is 12.4. The van der Waals surface area contributed by atoms with Gasteiger partial charge in [-0.15, -0.1) is 5.10 Å². The number of aromatic carboxylic acids is 1. The number of carbonyl (C=O) groups is 1. The third-order valence-electron chi connectivity index (χ3n) is 2.19. The second kappa shape index (κ2) is 4.81. The molecule has 2 aromatic rings. The van der Waals surface area contributed by atoms with E-state index in [-0.39, 0.29) is 10.7 Å². The molecular formula is C11H6BrClN2O2. The lowest BCUT2D eigenvalue weighted by atomic mass is 10.0. The van der Waals surface area contributed by atoms with Crippen molar-refractivity contribution in [2.75, 3.05) is 0 Å². The van der Waals surface area contributed by atoms with Gasteiger partial charge < -0.3 is 5.11 Å². The Morgan fingerprint density at radius 1 is 1.29 bits per heavy atom. The van der Waals surface area contributed by atoms with Gasteiger partial charge in [0.2, 0.25) is 0 Å². The SMILES string of the molecule is O=C(O)c1c(-c2ccccc2Br)cnnc1Cl. The molecule has 2 rings (SSSR count). The Kier molecular flexibility index (Phi) is 3.40. The maximum atomic E-state index is 11.2. The van der Waals surface area contributed by atoms with E-state index in [0.717, 1.165) is 4.47 Å². The summed E-state index contributed by atoms with van der Waals surface area (Å²) < 4.78 is 0.770. The van der Waals surface area contributed by atoms with Crippen LogP contribution in [0.1, 0.15) is 10.4 Å². The lowest BCUT2D eigenvalue weighted by Crippen LogP contribution is -2.04. The van der Waals surface area contributed by atoms with Gasteiger partial charge in [-0.3, -0.25) is 0 Å². The van der Waals surface area contributed by atoms with Crippen LogP contribution in [0, 0.1) is 0 Å². The highest BCUT2D eigenvalue weighted by Crippen LogP contribution is 2.32. The molecule has 0 spiro atoms. The average Bonchev–Trinajstić information content (AvgIpc) is 2.28. The normalized spacial score (nSPS) is 10.2. The summed E-state index contributed by atoms with van der Waals surface area (Å²) in [6.07, 6.45) is 1.38. The van der Waals surface area contributed by atoms with Gasteiger partial charge in [0.25, 0.3) is 0 Å². The van der Waals surface area contributed by atoms with E-state index in [1.165, 1.54) is 6.20 Å². The van der Waals surface area contributed by atoms with E-state index in [0.29, 0.717) is 11.1 Å². The molecule has 0 atom stereocenters. The van der Waals surface area contributed by atoms with Crippen molar-refractivity contribution in [2.45, 2.75) is 0 Å². The van der Waals surface area contributed by atoms with Crippen molar-refractivity contribution >= 4 is 33.5 Å². The van der Waals surface area contributed by atoms with Crippen molar-refractivity contribution in [3.05, 3.63) is 45.7 Å². The lowest BCUT2D eigenvalue weighted by molar-refractivity contribution is 0.0697. The molecule has 17 heavy (non-hydrogen) atoms. The smallest absolute Gasteiger partial charge is 0.339 e. The molecule has 0 aliphatic carbocycles. The van der Waals surface area contributed by atoms with Crippen LogP contribution in [-0.4, -0.2) is 21.3 Å². The monoisotopic (exact) mass is 312 g/mol. The Balaban J connectivity index is 2.72. The predicted octanol–water partition coefficient (Wildman–Crippen LogP) is 3.26. The van der Waals surface area contributed by atoms with Crippen LogP contribution in [0.4, 0.5) is 0 Å². The number of nitrogens with zero attached hydrogens (tertiary/aromatic N) is 2. The fourth-order valence-corrected chi connectivity index (χ4v) is 2.17. The highest BCUT2D eigenvalue weighted by atomic mass is 79.9. The van der Waals surface area contributed by atoms with E-state index < -0.39 is 5.97 Å². The van der Waals surface area contributed by atoms with Gasteiger partial charge in [0, 0.05) is 10.0 Å². The Bertz CT molecular complexity index is 589. The van der Waals surface area contributed by atoms with Gasteiger partial charge in [-0.05, 0) is 11.6 Å². The van der Waals surface area contributed by atoms with E-state index in [2.05, 4.69) is 26.1 Å². The summed E-state index contributed by atoms with van der Waals surface area (Å²) in [5.41, 5.74) is 1.10. The fourth-order valence-electron chi connectivity index (χ4n) is 1.45. The molecule has 4 nitrogen and oxygen atoms in total. The molecule has 0 fully saturated rings. The number of halogens is 2. The highest BCUT2D eigenvalue weighted by Gasteiger charge is 2.18. The van der Waals surface area contributed by atoms with Crippen LogP contribution in [0.15, 0.2) is 34.9 Å². The van der Waals surface area contributed by atoms with E-state index in [1.807, 2.05) is 12.1 Å². The summed E-state index contributed by atoms with van der Waals surface area (Å²) in [6, 6.07) is 7.24. The minimum absolute atomic E-state index is 0.0476. The molecule has 86 valence electrons. The molecule has 1 aromatic carbocycles. The molecule has 0 bridgehead atoms. The van der Waals surface area contributed by atoms with Crippen molar-refractivity contribution < 1.29 is 9.90 Å². The first-order chi connectivity index (χ1) is 8.11. The number of hydrogen-bond donors (Lipinski definition) is 1. The molecule has 0 aliphatic rings. The predicted molar refractivity (Wildman–Crippen MR) is 67.1 cm³/mol. The largest absolute Gasteiger partial charge is 0.478 e. The summed E-state index contributed by atoms with van der Waals surface area (Å²) in [4.78, 5) is 11.2.